The Hall–Kier alpha value is -1.59. The van der Waals surface area contributed by atoms with Crippen LogP contribution in [0, 0.1) is 0 Å². The van der Waals surface area contributed by atoms with Gasteiger partial charge in [0, 0.05) is 27.7 Å². The number of nitrogens with zero attached hydrogens (tertiary/aromatic N) is 4. The van der Waals surface area contributed by atoms with E-state index in [4.69, 9.17) is 0 Å². The second-order valence-corrected chi connectivity index (χ2v) is 3.91. The molecule has 0 bridgehead atoms. The Kier molecular flexibility index (Phi) is 5.45. The van der Waals surface area contributed by atoms with E-state index < -0.39 is 0 Å². The fraction of sp³-hybridized carbons (Fsp3) is 0.727. The van der Waals surface area contributed by atoms with Crippen molar-refractivity contribution in [1.29, 1.82) is 0 Å². The molecular formula is C11H22N6. The molecule has 96 valence electrons. The number of rotatable bonds is 7. The number of nitrogens with one attached hydrogen (secondary N) is 2. The second-order valence-electron chi connectivity index (χ2n) is 3.91. The SMILES string of the molecule is CCCCCN(C)c1nc(NC)nc(NC)n1. The predicted octanol–water partition coefficient (Wildman–Crippen LogP) is 1.58. The highest BCUT2D eigenvalue weighted by Crippen LogP contribution is 2.12. The van der Waals surface area contributed by atoms with Gasteiger partial charge in [-0.05, 0) is 6.42 Å². The molecular weight excluding hydrogens is 216 g/mol. The van der Waals surface area contributed by atoms with Crippen LogP contribution in [0.2, 0.25) is 0 Å². The summed E-state index contributed by atoms with van der Waals surface area (Å²) in [6.07, 6.45) is 3.60. The lowest BCUT2D eigenvalue weighted by atomic mass is 10.2. The highest BCUT2D eigenvalue weighted by atomic mass is 15.3. The van der Waals surface area contributed by atoms with Crippen molar-refractivity contribution in [2.45, 2.75) is 26.2 Å². The molecule has 0 aromatic carbocycles. The Balaban J connectivity index is 2.73. The zero-order chi connectivity index (χ0) is 12.7. The fourth-order valence-electron chi connectivity index (χ4n) is 1.46. The van der Waals surface area contributed by atoms with Gasteiger partial charge in [-0.15, -0.1) is 0 Å². The third-order valence-corrected chi connectivity index (χ3v) is 2.51. The van der Waals surface area contributed by atoms with E-state index in [9.17, 15) is 0 Å². The molecule has 0 atom stereocenters. The number of hydrogen-bond donors (Lipinski definition) is 2. The number of anilines is 3. The maximum atomic E-state index is 4.33. The minimum absolute atomic E-state index is 0.585. The average molecular weight is 238 g/mol. The fourth-order valence-corrected chi connectivity index (χ4v) is 1.46. The molecule has 17 heavy (non-hydrogen) atoms. The standard InChI is InChI=1S/C11H22N6/c1-5-6-7-8-17(4)11-15-9(12-2)14-10(13-3)16-11/h5-8H2,1-4H3,(H2,12,13,14,15,16). The topological polar surface area (TPSA) is 66.0 Å². The van der Waals surface area contributed by atoms with E-state index >= 15 is 0 Å². The molecule has 0 aliphatic rings. The molecule has 0 saturated heterocycles. The van der Waals surface area contributed by atoms with Crippen molar-refractivity contribution < 1.29 is 0 Å². The molecule has 1 rings (SSSR count). The summed E-state index contributed by atoms with van der Waals surface area (Å²) in [4.78, 5) is 14.9. The molecule has 0 spiro atoms. The van der Waals surface area contributed by atoms with Crippen molar-refractivity contribution in [1.82, 2.24) is 15.0 Å². The quantitative estimate of drug-likeness (QED) is 0.703. The van der Waals surface area contributed by atoms with Crippen LogP contribution in [0.5, 0.6) is 0 Å². The minimum atomic E-state index is 0.585. The van der Waals surface area contributed by atoms with Crippen LogP contribution < -0.4 is 15.5 Å². The zero-order valence-corrected chi connectivity index (χ0v) is 11.1. The van der Waals surface area contributed by atoms with E-state index in [0.717, 1.165) is 13.0 Å². The van der Waals surface area contributed by atoms with Crippen LogP contribution in [-0.4, -0.2) is 42.6 Å². The van der Waals surface area contributed by atoms with Gasteiger partial charge in [0.15, 0.2) is 0 Å². The number of hydrogen-bond acceptors (Lipinski definition) is 6. The molecule has 0 radical (unpaired) electrons. The molecule has 1 heterocycles. The highest BCUT2D eigenvalue weighted by Gasteiger charge is 2.08. The van der Waals surface area contributed by atoms with E-state index in [-0.39, 0.29) is 0 Å². The molecule has 0 amide bonds. The van der Waals surface area contributed by atoms with Crippen LogP contribution in [0.25, 0.3) is 0 Å². The summed E-state index contributed by atoms with van der Waals surface area (Å²) in [7, 11) is 5.61. The molecule has 2 N–H and O–H groups in total. The Bertz CT molecular complexity index is 318. The monoisotopic (exact) mass is 238 g/mol. The molecule has 0 aliphatic heterocycles. The normalized spacial score (nSPS) is 10.1. The summed E-state index contributed by atoms with van der Waals surface area (Å²) < 4.78 is 0. The van der Waals surface area contributed by atoms with Crippen LogP contribution >= 0.6 is 0 Å². The summed E-state index contributed by atoms with van der Waals surface area (Å²) in [5, 5.41) is 5.87. The lowest BCUT2D eigenvalue weighted by Crippen LogP contribution is -2.22. The van der Waals surface area contributed by atoms with Crippen molar-refractivity contribution >= 4 is 17.8 Å². The molecule has 0 aliphatic carbocycles. The van der Waals surface area contributed by atoms with Gasteiger partial charge in [0.1, 0.15) is 0 Å². The first-order chi connectivity index (χ1) is 8.21. The summed E-state index contributed by atoms with van der Waals surface area (Å²) in [6.45, 7) is 3.16. The Morgan fingerprint density at radius 1 is 1.00 bits per heavy atom. The van der Waals surface area contributed by atoms with Crippen molar-refractivity contribution in [2.75, 3.05) is 43.2 Å². The number of unbranched alkanes of at least 4 members (excludes halogenated alkanes) is 2. The largest absolute Gasteiger partial charge is 0.357 e. The van der Waals surface area contributed by atoms with Gasteiger partial charge in [-0.3, -0.25) is 0 Å². The average Bonchev–Trinajstić information content (AvgIpc) is 2.38. The van der Waals surface area contributed by atoms with Crippen molar-refractivity contribution in [3.63, 3.8) is 0 Å². The van der Waals surface area contributed by atoms with Gasteiger partial charge < -0.3 is 15.5 Å². The maximum absolute atomic E-state index is 4.33. The van der Waals surface area contributed by atoms with Crippen molar-refractivity contribution in [2.24, 2.45) is 0 Å². The third kappa shape index (κ3) is 4.05. The van der Waals surface area contributed by atoms with E-state index in [1.54, 1.807) is 14.1 Å². The first-order valence-electron chi connectivity index (χ1n) is 6.04. The van der Waals surface area contributed by atoms with E-state index in [1.165, 1.54) is 12.8 Å². The van der Waals surface area contributed by atoms with Gasteiger partial charge in [0.25, 0.3) is 0 Å². The van der Waals surface area contributed by atoms with Crippen molar-refractivity contribution in [3.8, 4) is 0 Å². The third-order valence-electron chi connectivity index (χ3n) is 2.51. The van der Waals surface area contributed by atoms with Crippen LogP contribution in [0.15, 0.2) is 0 Å². The molecule has 0 unspecified atom stereocenters. The van der Waals surface area contributed by atoms with E-state index in [1.807, 2.05) is 7.05 Å². The van der Waals surface area contributed by atoms with E-state index in [2.05, 4.69) is 37.4 Å². The second kappa shape index (κ2) is 6.88. The van der Waals surface area contributed by atoms with Gasteiger partial charge in [0.05, 0.1) is 0 Å². The maximum Gasteiger partial charge on any atom is 0.231 e. The first-order valence-corrected chi connectivity index (χ1v) is 6.04. The summed E-state index contributed by atoms with van der Waals surface area (Å²) in [5.41, 5.74) is 0. The van der Waals surface area contributed by atoms with Crippen molar-refractivity contribution in [3.05, 3.63) is 0 Å². The molecule has 6 heteroatoms. The summed E-state index contributed by atoms with van der Waals surface area (Å²) >= 11 is 0. The summed E-state index contributed by atoms with van der Waals surface area (Å²) in [6, 6.07) is 0. The Morgan fingerprint density at radius 2 is 1.59 bits per heavy atom. The lowest BCUT2D eigenvalue weighted by molar-refractivity contribution is 0.695. The smallest absolute Gasteiger partial charge is 0.231 e. The van der Waals surface area contributed by atoms with Crippen LogP contribution in [0.4, 0.5) is 17.8 Å². The number of aromatic nitrogens is 3. The molecule has 1 aromatic rings. The summed E-state index contributed by atoms with van der Waals surface area (Å²) in [5.74, 6) is 1.87. The van der Waals surface area contributed by atoms with Gasteiger partial charge in [0.2, 0.25) is 17.8 Å². The molecule has 6 nitrogen and oxygen atoms in total. The highest BCUT2D eigenvalue weighted by molar-refractivity contribution is 5.42. The minimum Gasteiger partial charge on any atom is -0.357 e. The molecule has 0 fully saturated rings. The molecule has 0 saturated carbocycles. The predicted molar refractivity (Wildman–Crippen MR) is 71.7 cm³/mol. The van der Waals surface area contributed by atoms with Crippen LogP contribution in [0.1, 0.15) is 26.2 Å². The Labute approximate surface area is 103 Å². The first kappa shape index (κ1) is 13.5. The lowest BCUT2D eigenvalue weighted by Gasteiger charge is -2.17. The van der Waals surface area contributed by atoms with Gasteiger partial charge in [-0.25, -0.2) is 0 Å². The van der Waals surface area contributed by atoms with Crippen LogP contribution in [0.3, 0.4) is 0 Å². The Morgan fingerprint density at radius 3 is 2.06 bits per heavy atom. The van der Waals surface area contributed by atoms with Gasteiger partial charge in [-0.1, -0.05) is 19.8 Å². The molecule has 1 aromatic heterocycles. The van der Waals surface area contributed by atoms with Crippen LogP contribution in [-0.2, 0) is 0 Å². The van der Waals surface area contributed by atoms with E-state index in [0.29, 0.717) is 17.8 Å². The zero-order valence-electron chi connectivity index (χ0n) is 11.1. The van der Waals surface area contributed by atoms with Gasteiger partial charge in [-0.2, -0.15) is 15.0 Å². The van der Waals surface area contributed by atoms with Gasteiger partial charge >= 0.3 is 0 Å².